The highest BCUT2D eigenvalue weighted by Gasteiger charge is 2.22. The van der Waals surface area contributed by atoms with Crippen LogP contribution in [0.1, 0.15) is 45.6 Å². The number of ether oxygens (including phenoxy) is 1. The average Bonchev–Trinajstić information content (AvgIpc) is 2.32. The molecule has 0 radical (unpaired) electrons. The number of aryl methyl sites for hydroxylation is 1. The zero-order valence-corrected chi connectivity index (χ0v) is 14.8. The molecule has 0 aromatic heterocycles. The highest BCUT2D eigenvalue weighted by Crippen LogP contribution is 2.18. The summed E-state index contributed by atoms with van der Waals surface area (Å²) >= 11 is 0. The van der Waals surface area contributed by atoms with Crippen LogP contribution in [0.5, 0.6) is 0 Å². The molecule has 2 rings (SSSR count). The number of alkyl carbamates (subject to hydrolysis) is 1. The number of hydrogen-bond acceptors (Lipinski definition) is 4. The Kier molecular flexibility index (Phi) is 6.58. The molecule has 23 heavy (non-hydrogen) atoms. The van der Waals surface area contributed by atoms with Gasteiger partial charge in [-0.3, -0.25) is 4.55 Å². The Balaban J connectivity index is 0.000000231. The Morgan fingerprint density at radius 2 is 1.74 bits per heavy atom. The molecular formula is C16H25NO5S. The lowest BCUT2D eigenvalue weighted by molar-refractivity contribution is 0.0480. The van der Waals surface area contributed by atoms with Gasteiger partial charge in [-0.2, -0.15) is 8.42 Å². The van der Waals surface area contributed by atoms with Gasteiger partial charge in [-0.15, -0.1) is 0 Å². The monoisotopic (exact) mass is 343 g/mol. The Hall–Kier alpha value is -1.60. The van der Waals surface area contributed by atoms with Crippen LogP contribution in [0.25, 0.3) is 0 Å². The summed E-state index contributed by atoms with van der Waals surface area (Å²) in [7, 11) is -4.02. The van der Waals surface area contributed by atoms with Gasteiger partial charge >= 0.3 is 6.09 Å². The first-order valence-corrected chi connectivity index (χ1v) is 8.95. The molecule has 0 spiro atoms. The Morgan fingerprint density at radius 3 is 2.09 bits per heavy atom. The van der Waals surface area contributed by atoms with Crippen LogP contribution in [0.15, 0.2) is 29.2 Å². The summed E-state index contributed by atoms with van der Waals surface area (Å²) < 4.78 is 34.6. The quantitative estimate of drug-likeness (QED) is 0.804. The molecule has 6 nitrogen and oxygen atoms in total. The van der Waals surface area contributed by atoms with Gasteiger partial charge in [0.1, 0.15) is 5.60 Å². The van der Waals surface area contributed by atoms with Gasteiger partial charge in [-0.05, 0) is 59.1 Å². The van der Waals surface area contributed by atoms with Gasteiger partial charge in [0.15, 0.2) is 0 Å². The van der Waals surface area contributed by atoms with Gasteiger partial charge in [-0.1, -0.05) is 17.7 Å². The second kappa shape index (κ2) is 7.79. The molecule has 7 heteroatoms. The third-order valence-electron chi connectivity index (χ3n) is 3.14. The lowest BCUT2D eigenvalue weighted by atomic mass is 9.93. The predicted molar refractivity (Wildman–Crippen MR) is 88.0 cm³/mol. The van der Waals surface area contributed by atoms with E-state index in [2.05, 4.69) is 5.32 Å². The predicted octanol–water partition coefficient (Wildman–Crippen LogP) is 3.31. The van der Waals surface area contributed by atoms with Crippen molar-refractivity contribution in [1.29, 1.82) is 0 Å². The van der Waals surface area contributed by atoms with Gasteiger partial charge < -0.3 is 10.1 Å². The van der Waals surface area contributed by atoms with Crippen LogP contribution in [0.4, 0.5) is 4.79 Å². The van der Waals surface area contributed by atoms with Crippen molar-refractivity contribution >= 4 is 16.2 Å². The van der Waals surface area contributed by atoms with E-state index in [-0.39, 0.29) is 16.6 Å². The molecule has 1 amide bonds. The maximum atomic E-state index is 11.1. The van der Waals surface area contributed by atoms with E-state index in [4.69, 9.17) is 9.29 Å². The van der Waals surface area contributed by atoms with E-state index in [0.717, 1.165) is 18.4 Å². The lowest BCUT2D eigenvalue weighted by Crippen LogP contribution is -2.42. The number of nitrogens with one attached hydrogen (secondary N) is 1. The van der Waals surface area contributed by atoms with Gasteiger partial charge in [0.05, 0.1) is 4.90 Å². The third kappa shape index (κ3) is 7.99. The third-order valence-corrected chi connectivity index (χ3v) is 4.01. The molecule has 0 heterocycles. The largest absolute Gasteiger partial charge is 0.444 e. The number of carbonyl (C=O) groups is 1. The van der Waals surface area contributed by atoms with E-state index < -0.39 is 10.1 Å². The summed E-state index contributed by atoms with van der Waals surface area (Å²) in [6.07, 6.45) is 3.13. The average molecular weight is 343 g/mol. The molecule has 0 atom stereocenters. The lowest BCUT2D eigenvalue weighted by Gasteiger charge is -2.28. The van der Waals surface area contributed by atoms with Crippen molar-refractivity contribution < 1.29 is 22.5 Å². The fraction of sp³-hybridized carbons (Fsp3) is 0.562. The number of amides is 1. The topological polar surface area (TPSA) is 92.7 Å². The Bertz CT molecular complexity index is 613. The Labute approximate surface area is 138 Å². The van der Waals surface area contributed by atoms with Crippen molar-refractivity contribution in [2.75, 3.05) is 0 Å². The fourth-order valence-corrected chi connectivity index (χ4v) is 2.22. The van der Waals surface area contributed by atoms with Crippen molar-refractivity contribution in [3.63, 3.8) is 0 Å². The normalized spacial score (nSPS) is 15.0. The van der Waals surface area contributed by atoms with Gasteiger partial charge in [-0.25, -0.2) is 4.79 Å². The smallest absolute Gasteiger partial charge is 0.407 e. The van der Waals surface area contributed by atoms with Crippen LogP contribution in [0.2, 0.25) is 0 Å². The molecular weight excluding hydrogens is 318 g/mol. The number of hydrogen-bond donors (Lipinski definition) is 2. The van der Waals surface area contributed by atoms with Crippen LogP contribution in [-0.4, -0.2) is 30.7 Å². The van der Waals surface area contributed by atoms with Crippen molar-refractivity contribution in [3.8, 4) is 0 Å². The van der Waals surface area contributed by atoms with E-state index >= 15 is 0 Å². The molecule has 130 valence electrons. The van der Waals surface area contributed by atoms with Gasteiger partial charge in [0.2, 0.25) is 0 Å². The van der Waals surface area contributed by atoms with E-state index in [1.807, 2.05) is 27.7 Å². The standard InChI is InChI=1S/C9H17NO2.C7H8O3S/c1-9(2,3)12-8(11)10-7-5-4-6-7;1-6-2-4-7(5-3-6)11(8,9)10/h7H,4-6H2,1-3H3,(H,10,11);2-5H,1H3,(H,8,9,10). The molecule has 1 saturated carbocycles. The van der Waals surface area contributed by atoms with Crippen molar-refractivity contribution in [2.24, 2.45) is 0 Å². The minimum absolute atomic E-state index is 0.0666. The van der Waals surface area contributed by atoms with Crippen LogP contribution < -0.4 is 5.32 Å². The minimum atomic E-state index is -4.02. The van der Waals surface area contributed by atoms with E-state index in [9.17, 15) is 13.2 Å². The first kappa shape index (κ1) is 19.4. The van der Waals surface area contributed by atoms with Crippen LogP contribution >= 0.6 is 0 Å². The maximum Gasteiger partial charge on any atom is 0.407 e. The molecule has 0 unspecified atom stereocenters. The highest BCUT2D eigenvalue weighted by atomic mass is 32.2. The van der Waals surface area contributed by atoms with Gasteiger partial charge in [0.25, 0.3) is 10.1 Å². The molecule has 1 aromatic rings. The maximum absolute atomic E-state index is 11.1. The summed E-state index contributed by atoms with van der Waals surface area (Å²) in [5, 5.41) is 2.81. The summed E-state index contributed by atoms with van der Waals surface area (Å²) in [5.74, 6) is 0. The number of benzene rings is 1. The molecule has 1 aliphatic rings. The summed E-state index contributed by atoms with van der Waals surface area (Å²) in [6.45, 7) is 7.45. The van der Waals surface area contributed by atoms with E-state index in [1.54, 1.807) is 12.1 Å². The summed E-state index contributed by atoms with van der Waals surface area (Å²) in [5.41, 5.74) is 0.575. The van der Waals surface area contributed by atoms with Gasteiger partial charge in [0, 0.05) is 6.04 Å². The molecule has 1 fully saturated rings. The SMILES string of the molecule is CC(C)(C)OC(=O)NC1CCC1.Cc1ccc(S(=O)(=O)O)cc1. The molecule has 1 aromatic carbocycles. The highest BCUT2D eigenvalue weighted by molar-refractivity contribution is 7.85. The number of carbonyl (C=O) groups excluding carboxylic acids is 1. The molecule has 1 aliphatic carbocycles. The second-order valence-corrected chi connectivity index (χ2v) is 7.98. The van der Waals surface area contributed by atoms with Crippen LogP contribution in [-0.2, 0) is 14.9 Å². The first-order chi connectivity index (χ1) is 10.5. The molecule has 0 saturated heterocycles. The fourth-order valence-electron chi connectivity index (χ4n) is 1.74. The summed E-state index contributed by atoms with van der Waals surface area (Å²) in [6, 6.07) is 6.35. The first-order valence-electron chi connectivity index (χ1n) is 7.51. The van der Waals surface area contributed by atoms with E-state index in [0.29, 0.717) is 6.04 Å². The molecule has 0 aliphatic heterocycles. The Morgan fingerprint density at radius 1 is 1.22 bits per heavy atom. The summed E-state index contributed by atoms with van der Waals surface area (Å²) in [4.78, 5) is 11.1. The van der Waals surface area contributed by atoms with Crippen molar-refractivity contribution in [1.82, 2.24) is 5.32 Å². The number of rotatable bonds is 2. The van der Waals surface area contributed by atoms with Crippen molar-refractivity contribution in [3.05, 3.63) is 29.8 Å². The second-order valence-electron chi connectivity index (χ2n) is 6.56. The van der Waals surface area contributed by atoms with Crippen molar-refractivity contribution in [2.45, 2.75) is 63.5 Å². The molecule has 0 bridgehead atoms. The van der Waals surface area contributed by atoms with E-state index in [1.165, 1.54) is 18.6 Å². The zero-order valence-electron chi connectivity index (χ0n) is 14.0. The van der Waals surface area contributed by atoms with Crippen LogP contribution in [0, 0.1) is 6.92 Å². The van der Waals surface area contributed by atoms with Crippen LogP contribution in [0.3, 0.4) is 0 Å². The molecule has 2 N–H and O–H groups in total. The zero-order chi connectivity index (χ0) is 17.7. The minimum Gasteiger partial charge on any atom is -0.444 e.